The Morgan fingerprint density at radius 1 is 1.52 bits per heavy atom. The summed E-state index contributed by atoms with van der Waals surface area (Å²) in [4.78, 5) is 12.1. The Bertz CT molecular complexity index is 533. The lowest BCUT2D eigenvalue weighted by Crippen LogP contribution is -2.30. The van der Waals surface area contributed by atoms with Crippen molar-refractivity contribution in [3.05, 3.63) is 34.8 Å². The van der Waals surface area contributed by atoms with Gasteiger partial charge in [-0.25, -0.2) is 4.79 Å². The molecule has 1 heterocycles. The van der Waals surface area contributed by atoms with Gasteiger partial charge in [-0.15, -0.1) is 6.58 Å². The molecule has 1 atom stereocenters. The highest BCUT2D eigenvalue weighted by Crippen LogP contribution is 2.40. The number of ether oxygens (including phenoxy) is 3. The summed E-state index contributed by atoms with van der Waals surface area (Å²) in [6, 6.07) is 3.07. The average molecular weight is 356 g/mol. The van der Waals surface area contributed by atoms with E-state index in [-0.39, 0.29) is 5.97 Å². The third-order valence-corrected chi connectivity index (χ3v) is 3.53. The first-order chi connectivity index (χ1) is 10.2. The summed E-state index contributed by atoms with van der Waals surface area (Å²) in [5.41, 5.74) is 0.756. The van der Waals surface area contributed by atoms with Crippen LogP contribution in [0.15, 0.2) is 29.3 Å². The van der Waals surface area contributed by atoms with E-state index in [9.17, 15) is 4.79 Å². The molecule has 1 aromatic carbocycles. The third-order valence-electron chi connectivity index (χ3n) is 2.94. The quantitative estimate of drug-likeness (QED) is 0.627. The fourth-order valence-electron chi connectivity index (χ4n) is 2.06. The summed E-state index contributed by atoms with van der Waals surface area (Å²) in [7, 11) is 0. The summed E-state index contributed by atoms with van der Waals surface area (Å²) in [6.07, 6.45) is 1.69. The molecular weight excluding hydrogens is 338 g/mol. The van der Waals surface area contributed by atoms with Gasteiger partial charge in [0.05, 0.1) is 11.1 Å². The van der Waals surface area contributed by atoms with Crippen molar-refractivity contribution < 1.29 is 19.0 Å². The van der Waals surface area contributed by atoms with Crippen molar-refractivity contribution in [2.75, 3.05) is 26.4 Å². The van der Waals surface area contributed by atoms with Crippen molar-refractivity contribution >= 4 is 21.9 Å². The van der Waals surface area contributed by atoms with Gasteiger partial charge in [-0.2, -0.15) is 0 Å². The molecule has 0 bridgehead atoms. The van der Waals surface area contributed by atoms with Gasteiger partial charge in [0.1, 0.15) is 19.3 Å². The van der Waals surface area contributed by atoms with E-state index in [2.05, 4.69) is 27.8 Å². The average Bonchev–Trinajstić information content (AvgIpc) is 2.48. The third kappa shape index (κ3) is 3.77. The molecule has 2 rings (SSSR count). The summed E-state index contributed by atoms with van der Waals surface area (Å²) in [6.45, 7) is 7.26. The van der Waals surface area contributed by atoms with Gasteiger partial charge in [0.25, 0.3) is 0 Å². The van der Waals surface area contributed by atoms with Crippen LogP contribution in [0.25, 0.3) is 0 Å². The van der Waals surface area contributed by atoms with Crippen LogP contribution in [-0.2, 0) is 9.53 Å². The summed E-state index contributed by atoms with van der Waals surface area (Å²) in [5, 5.41) is 3.09. The first-order valence-corrected chi connectivity index (χ1v) is 7.56. The van der Waals surface area contributed by atoms with Crippen LogP contribution >= 0.6 is 15.9 Å². The van der Waals surface area contributed by atoms with Gasteiger partial charge in [-0.05, 0) is 40.5 Å². The lowest BCUT2D eigenvalue weighted by atomic mass is 10.1. The molecule has 21 heavy (non-hydrogen) atoms. The molecule has 1 aliphatic heterocycles. The number of benzene rings is 1. The van der Waals surface area contributed by atoms with Crippen LogP contribution in [0.1, 0.15) is 18.5 Å². The standard InChI is InChI=1S/C15H18BrNO4/c1-3-5-17-13(15(18)19-4-2)10-8-11(16)14-12(9-10)20-6-7-21-14/h3,8-9,13,17H,1,4-7H2,2H3. The number of fused-ring (bicyclic) bond motifs is 1. The summed E-state index contributed by atoms with van der Waals surface area (Å²) >= 11 is 3.45. The van der Waals surface area contributed by atoms with Crippen LogP contribution in [0.4, 0.5) is 0 Å². The fraction of sp³-hybridized carbons (Fsp3) is 0.400. The number of hydrogen-bond acceptors (Lipinski definition) is 5. The van der Waals surface area contributed by atoms with E-state index in [1.165, 1.54) is 0 Å². The Morgan fingerprint density at radius 2 is 2.29 bits per heavy atom. The highest BCUT2D eigenvalue weighted by Gasteiger charge is 2.25. The maximum Gasteiger partial charge on any atom is 0.327 e. The lowest BCUT2D eigenvalue weighted by Gasteiger charge is -2.23. The monoisotopic (exact) mass is 355 g/mol. The van der Waals surface area contributed by atoms with Crippen LogP contribution in [0.5, 0.6) is 11.5 Å². The van der Waals surface area contributed by atoms with Crippen molar-refractivity contribution in [1.29, 1.82) is 0 Å². The molecule has 0 saturated carbocycles. The SMILES string of the molecule is C=CCNC(C(=O)OCC)c1cc(Br)c2c(c1)OCCO2. The summed E-state index contributed by atoms with van der Waals surface area (Å²) < 4.78 is 17.0. The predicted octanol–water partition coefficient (Wildman–Crippen LogP) is 2.60. The molecule has 1 aromatic rings. The fourth-order valence-corrected chi connectivity index (χ4v) is 2.64. The molecule has 1 aliphatic rings. The zero-order valence-electron chi connectivity index (χ0n) is 11.9. The van der Waals surface area contributed by atoms with Crippen LogP contribution in [0.2, 0.25) is 0 Å². The number of rotatable bonds is 6. The van der Waals surface area contributed by atoms with Crippen LogP contribution in [0.3, 0.4) is 0 Å². The number of carbonyl (C=O) groups is 1. The smallest absolute Gasteiger partial charge is 0.327 e. The molecule has 1 unspecified atom stereocenters. The van der Waals surface area contributed by atoms with Gasteiger partial charge in [0, 0.05) is 6.54 Å². The molecule has 0 aliphatic carbocycles. The molecule has 5 nitrogen and oxygen atoms in total. The molecule has 0 fully saturated rings. The highest BCUT2D eigenvalue weighted by atomic mass is 79.9. The van der Waals surface area contributed by atoms with Crippen molar-refractivity contribution in [1.82, 2.24) is 5.32 Å². The maximum atomic E-state index is 12.1. The second kappa shape index (κ2) is 7.47. The van der Waals surface area contributed by atoms with Crippen LogP contribution in [-0.4, -0.2) is 32.3 Å². The normalized spacial score (nSPS) is 14.4. The van der Waals surface area contributed by atoms with Crippen LogP contribution in [0, 0.1) is 0 Å². The molecule has 0 amide bonds. The van der Waals surface area contributed by atoms with Gasteiger partial charge < -0.3 is 14.2 Å². The zero-order chi connectivity index (χ0) is 15.2. The maximum absolute atomic E-state index is 12.1. The van der Waals surface area contributed by atoms with Crippen molar-refractivity contribution in [2.24, 2.45) is 0 Å². The molecule has 114 valence electrons. The Morgan fingerprint density at radius 3 is 3.00 bits per heavy atom. The van der Waals surface area contributed by atoms with Crippen molar-refractivity contribution in [3.8, 4) is 11.5 Å². The van der Waals surface area contributed by atoms with Crippen molar-refractivity contribution in [3.63, 3.8) is 0 Å². The number of halogens is 1. The first kappa shape index (κ1) is 15.9. The minimum absolute atomic E-state index is 0.330. The number of esters is 1. The molecule has 0 aromatic heterocycles. The Labute approximate surface area is 132 Å². The van der Waals surface area contributed by atoms with Gasteiger partial charge in [0.2, 0.25) is 0 Å². The Kier molecular flexibility index (Phi) is 5.64. The predicted molar refractivity (Wildman–Crippen MR) is 82.7 cm³/mol. The topological polar surface area (TPSA) is 56.8 Å². The van der Waals surface area contributed by atoms with Gasteiger partial charge in [-0.1, -0.05) is 6.08 Å². The lowest BCUT2D eigenvalue weighted by molar-refractivity contribution is -0.145. The van der Waals surface area contributed by atoms with E-state index in [0.717, 1.165) is 10.0 Å². The van der Waals surface area contributed by atoms with Gasteiger partial charge in [0.15, 0.2) is 11.5 Å². The van der Waals surface area contributed by atoms with E-state index in [1.54, 1.807) is 19.1 Å². The van der Waals surface area contributed by atoms with E-state index < -0.39 is 6.04 Å². The minimum Gasteiger partial charge on any atom is -0.486 e. The molecule has 0 radical (unpaired) electrons. The largest absolute Gasteiger partial charge is 0.486 e. The van der Waals surface area contributed by atoms with E-state index in [4.69, 9.17) is 14.2 Å². The second-order valence-corrected chi connectivity index (χ2v) is 5.26. The molecule has 0 saturated heterocycles. The molecule has 0 spiro atoms. The van der Waals surface area contributed by atoms with Crippen molar-refractivity contribution in [2.45, 2.75) is 13.0 Å². The van der Waals surface area contributed by atoms with Gasteiger partial charge >= 0.3 is 5.97 Å². The Hall–Kier alpha value is -1.53. The first-order valence-electron chi connectivity index (χ1n) is 6.77. The zero-order valence-corrected chi connectivity index (χ0v) is 13.4. The second-order valence-electron chi connectivity index (χ2n) is 4.41. The molecule has 1 N–H and O–H groups in total. The van der Waals surface area contributed by atoms with E-state index >= 15 is 0 Å². The van der Waals surface area contributed by atoms with Gasteiger partial charge in [-0.3, -0.25) is 5.32 Å². The number of hydrogen-bond donors (Lipinski definition) is 1. The number of nitrogens with one attached hydrogen (secondary N) is 1. The van der Waals surface area contributed by atoms with Crippen LogP contribution < -0.4 is 14.8 Å². The minimum atomic E-state index is -0.574. The summed E-state index contributed by atoms with van der Waals surface area (Å²) in [5.74, 6) is 0.958. The van der Waals surface area contributed by atoms with E-state index in [0.29, 0.717) is 37.9 Å². The number of carbonyl (C=O) groups excluding carboxylic acids is 1. The van der Waals surface area contributed by atoms with E-state index in [1.807, 2.05) is 6.07 Å². The highest BCUT2D eigenvalue weighted by molar-refractivity contribution is 9.10. The molecule has 6 heteroatoms. The molecular formula is C15H18BrNO4. The Balaban J connectivity index is 2.32.